The van der Waals surface area contributed by atoms with Crippen molar-refractivity contribution in [1.29, 1.82) is 5.26 Å². The summed E-state index contributed by atoms with van der Waals surface area (Å²) >= 11 is 6.24. The summed E-state index contributed by atoms with van der Waals surface area (Å²) in [7, 11) is 1.25. The van der Waals surface area contributed by atoms with Crippen molar-refractivity contribution < 1.29 is 13.9 Å². The zero-order valence-corrected chi connectivity index (χ0v) is 15.3. The number of hydrogen-bond donors (Lipinski definition) is 1. The number of hydrogen-bond acceptors (Lipinski definition) is 6. The van der Waals surface area contributed by atoms with Crippen molar-refractivity contribution >= 4 is 17.6 Å². The van der Waals surface area contributed by atoms with Crippen LogP contribution in [0.15, 0.2) is 53.4 Å². The van der Waals surface area contributed by atoms with Crippen molar-refractivity contribution in [2.24, 2.45) is 0 Å². The number of nitrogens with one attached hydrogen (secondary N) is 1. The van der Waals surface area contributed by atoms with Gasteiger partial charge < -0.3 is 10.1 Å². The van der Waals surface area contributed by atoms with Gasteiger partial charge in [0.1, 0.15) is 18.5 Å². The molecule has 0 spiro atoms. The van der Waals surface area contributed by atoms with Gasteiger partial charge in [0, 0.05) is 16.4 Å². The molecule has 0 saturated heterocycles. The largest absolute Gasteiger partial charge is 0.466 e. The molecule has 0 amide bonds. The molecule has 0 fully saturated rings. The van der Waals surface area contributed by atoms with Crippen molar-refractivity contribution in [1.82, 2.24) is 20.1 Å². The molecule has 138 valence electrons. The van der Waals surface area contributed by atoms with Crippen LogP contribution in [-0.2, 0) is 16.1 Å². The van der Waals surface area contributed by atoms with Crippen LogP contribution in [-0.4, -0.2) is 27.8 Å². The maximum atomic E-state index is 13.5. The predicted molar refractivity (Wildman–Crippen MR) is 94.7 cm³/mol. The average Bonchev–Trinajstić information content (AvgIpc) is 3.14. The van der Waals surface area contributed by atoms with Crippen LogP contribution in [0.2, 0.25) is 5.02 Å². The SMILES string of the molecule is COC(=O)C1=C(Cn2cncn2)NC(C)=C(C#N)C1c1ccc(F)cc1Cl. The third-order valence-corrected chi connectivity index (χ3v) is 4.56. The van der Waals surface area contributed by atoms with Gasteiger partial charge in [0.25, 0.3) is 0 Å². The van der Waals surface area contributed by atoms with Crippen LogP contribution < -0.4 is 5.32 Å². The molecule has 0 radical (unpaired) electrons. The second-order valence-corrected chi connectivity index (χ2v) is 6.26. The van der Waals surface area contributed by atoms with E-state index < -0.39 is 17.7 Å². The van der Waals surface area contributed by atoms with Crippen molar-refractivity contribution in [3.8, 4) is 6.07 Å². The van der Waals surface area contributed by atoms with Gasteiger partial charge in [-0.2, -0.15) is 10.4 Å². The quantitative estimate of drug-likeness (QED) is 0.811. The summed E-state index contributed by atoms with van der Waals surface area (Å²) < 4.78 is 20.0. The second kappa shape index (κ2) is 7.60. The minimum atomic E-state index is -0.796. The van der Waals surface area contributed by atoms with Gasteiger partial charge in [-0.25, -0.2) is 18.9 Å². The fourth-order valence-corrected chi connectivity index (χ4v) is 3.32. The maximum absolute atomic E-state index is 13.5. The summed E-state index contributed by atoms with van der Waals surface area (Å²) in [5.41, 5.74) is 2.00. The van der Waals surface area contributed by atoms with Gasteiger partial charge in [-0.15, -0.1) is 0 Å². The van der Waals surface area contributed by atoms with Crippen molar-refractivity contribution in [3.63, 3.8) is 0 Å². The van der Waals surface area contributed by atoms with E-state index in [1.807, 2.05) is 0 Å². The number of benzene rings is 1. The molecule has 9 heteroatoms. The lowest BCUT2D eigenvalue weighted by Crippen LogP contribution is -2.31. The third kappa shape index (κ3) is 3.55. The molecule has 0 aliphatic carbocycles. The molecule has 1 aromatic carbocycles. The van der Waals surface area contributed by atoms with E-state index in [-0.39, 0.29) is 17.1 Å². The predicted octanol–water partition coefficient (Wildman–Crippen LogP) is 2.68. The van der Waals surface area contributed by atoms with Crippen LogP contribution in [0.1, 0.15) is 18.4 Å². The highest BCUT2D eigenvalue weighted by Gasteiger charge is 2.36. The molecule has 2 aromatic rings. The van der Waals surface area contributed by atoms with Gasteiger partial charge in [-0.1, -0.05) is 17.7 Å². The van der Waals surface area contributed by atoms with Crippen LogP contribution in [0.5, 0.6) is 0 Å². The molecule has 0 bridgehead atoms. The Bertz CT molecular complexity index is 992. The zero-order valence-electron chi connectivity index (χ0n) is 14.5. The van der Waals surface area contributed by atoms with Crippen LogP contribution in [0, 0.1) is 17.1 Å². The van der Waals surface area contributed by atoms with Gasteiger partial charge in [0.15, 0.2) is 0 Å². The Morgan fingerprint density at radius 1 is 1.52 bits per heavy atom. The number of aromatic nitrogens is 3. The first-order valence-electron chi connectivity index (χ1n) is 7.92. The first kappa shape index (κ1) is 18.6. The van der Waals surface area contributed by atoms with E-state index in [4.69, 9.17) is 16.3 Å². The minimum absolute atomic E-state index is 0.115. The van der Waals surface area contributed by atoms with Gasteiger partial charge in [0.2, 0.25) is 0 Å². The molecule has 1 aromatic heterocycles. The fraction of sp³-hybridized carbons (Fsp3) is 0.222. The molecule has 0 saturated carbocycles. The van der Waals surface area contributed by atoms with Crippen LogP contribution in [0.4, 0.5) is 4.39 Å². The summed E-state index contributed by atoms with van der Waals surface area (Å²) in [5.74, 6) is -1.93. The molecule has 27 heavy (non-hydrogen) atoms. The Morgan fingerprint density at radius 2 is 2.30 bits per heavy atom. The Kier molecular flexibility index (Phi) is 5.23. The van der Waals surface area contributed by atoms with E-state index in [2.05, 4.69) is 21.5 Å². The van der Waals surface area contributed by atoms with Crippen molar-refractivity contribution in [2.45, 2.75) is 19.4 Å². The number of methoxy groups -OCH3 is 1. The maximum Gasteiger partial charge on any atom is 0.336 e. The van der Waals surface area contributed by atoms with Crippen molar-refractivity contribution in [2.75, 3.05) is 7.11 Å². The summed E-state index contributed by atoms with van der Waals surface area (Å²) in [6, 6.07) is 5.97. The standard InChI is InChI=1S/C18H15ClFN5O2/c1-10-13(6-21)16(12-4-3-11(20)5-14(12)19)17(18(26)27-2)15(24-10)7-25-9-22-8-23-25/h3-5,8-9,16,24H,7H2,1-2H3. The first-order valence-corrected chi connectivity index (χ1v) is 8.30. The molecular weight excluding hydrogens is 373 g/mol. The van der Waals surface area contributed by atoms with Crippen LogP contribution >= 0.6 is 11.6 Å². The number of nitriles is 1. The van der Waals surface area contributed by atoms with E-state index >= 15 is 0 Å². The average molecular weight is 388 g/mol. The molecule has 1 aliphatic heterocycles. The number of esters is 1. The number of carbonyl (C=O) groups excluding carboxylic acids is 1. The Labute approximate surface area is 159 Å². The molecule has 1 atom stereocenters. The molecule has 1 N–H and O–H groups in total. The highest BCUT2D eigenvalue weighted by atomic mass is 35.5. The summed E-state index contributed by atoms with van der Waals surface area (Å²) in [4.78, 5) is 16.5. The number of halogens is 2. The van der Waals surface area contributed by atoms with E-state index in [9.17, 15) is 14.4 Å². The van der Waals surface area contributed by atoms with Gasteiger partial charge in [0.05, 0.1) is 36.8 Å². The highest BCUT2D eigenvalue weighted by molar-refractivity contribution is 6.31. The second-order valence-electron chi connectivity index (χ2n) is 5.85. The molecule has 1 unspecified atom stereocenters. The molecule has 1 aliphatic rings. The molecular formula is C18H15ClFN5O2. The summed E-state index contributed by atoms with van der Waals surface area (Å²) in [6.45, 7) is 1.92. The number of rotatable bonds is 4. The minimum Gasteiger partial charge on any atom is -0.466 e. The highest BCUT2D eigenvalue weighted by Crippen LogP contribution is 2.41. The Balaban J connectivity index is 2.22. The first-order chi connectivity index (χ1) is 13.0. The van der Waals surface area contributed by atoms with Gasteiger partial charge >= 0.3 is 5.97 Å². The zero-order chi connectivity index (χ0) is 19.6. The number of ether oxygens (including phenoxy) is 1. The Hall–Kier alpha value is -3.18. The lowest BCUT2D eigenvalue weighted by molar-refractivity contribution is -0.136. The summed E-state index contributed by atoms with van der Waals surface area (Å²) in [6.07, 6.45) is 2.88. The molecule has 3 rings (SSSR count). The van der Waals surface area contributed by atoms with Gasteiger partial charge in [-0.3, -0.25) is 0 Å². The molecule has 2 heterocycles. The van der Waals surface area contributed by atoms with Crippen LogP contribution in [0.25, 0.3) is 0 Å². The fourth-order valence-electron chi connectivity index (χ4n) is 3.04. The number of carbonyl (C=O) groups is 1. The number of dihydropyridines is 1. The summed E-state index contributed by atoms with van der Waals surface area (Å²) in [5, 5.41) is 16.9. The monoisotopic (exact) mass is 387 g/mol. The van der Waals surface area contributed by atoms with Crippen molar-refractivity contribution in [3.05, 3.63) is 69.8 Å². The molecule has 7 nitrogen and oxygen atoms in total. The lowest BCUT2D eigenvalue weighted by Gasteiger charge is -2.30. The topological polar surface area (TPSA) is 92.8 Å². The van der Waals surface area contributed by atoms with E-state index in [1.54, 1.807) is 6.92 Å². The van der Waals surface area contributed by atoms with E-state index in [1.165, 1.54) is 36.6 Å². The van der Waals surface area contributed by atoms with Gasteiger partial charge in [-0.05, 0) is 24.6 Å². The van der Waals surface area contributed by atoms with E-state index in [0.29, 0.717) is 22.5 Å². The van der Waals surface area contributed by atoms with Crippen LogP contribution in [0.3, 0.4) is 0 Å². The normalized spacial score (nSPS) is 16.8. The Morgan fingerprint density at radius 3 is 2.89 bits per heavy atom. The number of nitrogens with zero attached hydrogens (tertiary/aromatic N) is 4. The number of allylic oxidation sites excluding steroid dienone is 3. The smallest absolute Gasteiger partial charge is 0.336 e. The third-order valence-electron chi connectivity index (χ3n) is 4.23. The lowest BCUT2D eigenvalue weighted by atomic mass is 9.80. The van der Waals surface area contributed by atoms with E-state index in [0.717, 1.165) is 6.07 Å².